The quantitative estimate of drug-likeness (QED) is 0.174. The Morgan fingerprint density at radius 3 is 0.926 bits per heavy atom. The predicted molar refractivity (Wildman–Crippen MR) is 216 cm³/mol. The lowest BCUT2D eigenvalue weighted by molar-refractivity contribution is -0.0729. The van der Waals surface area contributed by atoms with Gasteiger partial charge in [-0.3, -0.25) is 13.6 Å². The highest BCUT2D eigenvalue weighted by atomic mass is 31.2. The van der Waals surface area contributed by atoms with Crippen LogP contribution in [0.2, 0.25) is 0 Å². The molecule has 0 N–H and O–H groups in total. The Hall–Kier alpha value is 0.180. The van der Waals surface area contributed by atoms with Gasteiger partial charge >= 0.3 is 33.6 Å². The zero-order valence-electron chi connectivity index (χ0n) is 33.7. The van der Waals surface area contributed by atoms with Crippen molar-refractivity contribution in [2.75, 3.05) is 125 Å². The van der Waals surface area contributed by atoms with Crippen molar-refractivity contribution in [2.45, 2.75) is 0 Å². The van der Waals surface area contributed by atoms with Gasteiger partial charge in [0, 0.05) is 98.6 Å². The highest BCUT2D eigenvalue weighted by Gasteiger charge is 2.43. The van der Waals surface area contributed by atoms with Gasteiger partial charge in [-0.2, -0.15) is 0 Å². The molecule has 0 bridgehead atoms. The fourth-order valence-corrected chi connectivity index (χ4v) is 6.43. The van der Waals surface area contributed by atoms with Crippen molar-refractivity contribution in [3.63, 3.8) is 0 Å². The third-order valence-electron chi connectivity index (χ3n) is 6.23. The van der Waals surface area contributed by atoms with E-state index in [-0.39, 0.29) is 5.41 Å². The van der Waals surface area contributed by atoms with Crippen LogP contribution in [0.3, 0.4) is 0 Å². The lowest BCUT2D eigenvalue weighted by Crippen LogP contribution is -2.44. The minimum Gasteiger partial charge on any atom is -0.338 e. The summed E-state index contributed by atoms with van der Waals surface area (Å²) in [6.07, 6.45) is 0. The van der Waals surface area contributed by atoms with Crippen LogP contribution in [-0.4, -0.2) is 125 Å². The molecular formula is C31H60O17P6. The van der Waals surface area contributed by atoms with E-state index in [1.54, 1.807) is 64.0 Å². The zero-order valence-corrected chi connectivity index (χ0v) is 39.1. The van der Waals surface area contributed by atoms with Gasteiger partial charge in [0.2, 0.25) is 0 Å². The van der Waals surface area contributed by atoms with E-state index in [0.29, 0.717) is 26.4 Å². The summed E-state index contributed by atoms with van der Waals surface area (Å²) >= 11 is 0. The van der Waals surface area contributed by atoms with Crippen LogP contribution in [0, 0.1) is 5.41 Å². The minimum atomic E-state index is -3.16. The molecule has 0 radical (unpaired) electrons. The van der Waals surface area contributed by atoms with Crippen molar-refractivity contribution in [1.82, 2.24) is 0 Å². The van der Waals surface area contributed by atoms with Crippen molar-refractivity contribution in [2.24, 2.45) is 5.41 Å². The second-order valence-electron chi connectivity index (χ2n) is 9.51. The third-order valence-corrected chi connectivity index (χ3v) is 12.5. The fraction of sp³-hybridized carbons (Fsp3) is 0.613. The lowest BCUT2D eigenvalue weighted by atomic mass is 9.93. The van der Waals surface area contributed by atoms with Gasteiger partial charge in [0.05, 0.1) is 31.8 Å². The topological polar surface area (TPSA) is 165 Å². The summed E-state index contributed by atoms with van der Waals surface area (Å²) in [5, 5.41) is 0. The SMILES string of the molecule is COP(=O)(OC)OC.COP(C)OC.COP(C)OC.COP(OC)OC.COP1OCC2(CO1)COP(OC)OC2.c1ccc(-c2ccccc2)cc1. The van der Waals surface area contributed by atoms with Gasteiger partial charge in [0.1, 0.15) is 0 Å². The predicted octanol–water partition coefficient (Wildman–Crippen LogP) is 9.79. The molecule has 17 nitrogen and oxygen atoms in total. The molecular weight excluding hydrogens is 830 g/mol. The molecule has 0 amide bonds. The molecule has 1 spiro atoms. The van der Waals surface area contributed by atoms with E-state index in [9.17, 15) is 4.57 Å². The molecule has 0 aromatic heterocycles. The van der Waals surface area contributed by atoms with Crippen LogP contribution in [0.5, 0.6) is 0 Å². The van der Waals surface area contributed by atoms with Crippen LogP contribution in [0.15, 0.2) is 60.7 Å². The summed E-state index contributed by atoms with van der Waals surface area (Å²) in [5.41, 5.74) is 2.35. The Morgan fingerprint density at radius 1 is 0.500 bits per heavy atom. The second-order valence-corrected chi connectivity index (χ2v) is 18.9. The van der Waals surface area contributed by atoms with E-state index < -0.39 is 50.4 Å². The van der Waals surface area contributed by atoms with Crippen LogP contribution in [-0.2, 0) is 76.9 Å². The first-order valence-corrected chi connectivity index (χ1v) is 23.5. The van der Waals surface area contributed by atoms with E-state index in [1.807, 2.05) is 25.5 Å². The molecule has 2 fully saturated rings. The van der Waals surface area contributed by atoms with Crippen LogP contribution < -0.4 is 0 Å². The Bertz CT molecular complexity index is 1030. The van der Waals surface area contributed by atoms with E-state index in [2.05, 4.69) is 75.7 Å². The van der Waals surface area contributed by atoms with E-state index in [4.69, 9.17) is 45.2 Å². The highest BCUT2D eigenvalue weighted by Crippen LogP contribution is 2.52. The van der Waals surface area contributed by atoms with Gasteiger partial charge in [-0.15, -0.1) is 0 Å². The Morgan fingerprint density at radius 2 is 0.778 bits per heavy atom. The maximum absolute atomic E-state index is 10.7. The highest BCUT2D eigenvalue weighted by molar-refractivity contribution is 7.48. The number of phosphoric acid groups is 1. The molecule has 0 saturated carbocycles. The molecule has 2 aliphatic rings. The fourth-order valence-electron chi connectivity index (χ4n) is 3.15. The van der Waals surface area contributed by atoms with Crippen molar-refractivity contribution in [3.8, 4) is 11.1 Å². The van der Waals surface area contributed by atoms with Crippen LogP contribution in [0.4, 0.5) is 0 Å². The first-order valence-electron chi connectivity index (χ1n) is 15.5. The maximum atomic E-state index is 10.7. The Labute approximate surface area is 328 Å². The van der Waals surface area contributed by atoms with Gasteiger partial charge < -0.3 is 58.8 Å². The summed E-state index contributed by atoms with van der Waals surface area (Å²) in [6, 6.07) is 20.8. The average Bonchev–Trinajstić information content (AvgIpc) is 3.25. The van der Waals surface area contributed by atoms with Crippen LogP contribution in [0.25, 0.3) is 11.1 Å². The first-order chi connectivity index (χ1) is 25.9. The molecule has 0 unspecified atom stereocenters. The number of rotatable bonds is 13. The molecule has 4 rings (SSSR count). The van der Waals surface area contributed by atoms with Gasteiger partial charge in [-0.25, -0.2) is 4.57 Å². The summed E-state index contributed by atoms with van der Waals surface area (Å²) in [5.74, 6) is 0. The Balaban J connectivity index is 0. The van der Waals surface area contributed by atoms with Gasteiger partial charge in [0.15, 0.2) is 16.8 Å². The number of benzene rings is 2. The van der Waals surface area contributed by atoms with Gasteiger partial charge in [-0.05, 0) is 11.1 Å². The molecule has 2 aromatic carbocycles. The molecule has 2 aliphatic heterocycles. The number of hydrogen-bond acceptors (Lipinski definition) is 17. The normalized spacial score (nSPS) is 19.1. The zero-order chi connectivity index (χ0) is 41.3. The molecule has 316 valence electrons. The van der Waals surface area contributed by atoms with E-state index >= 15 is 0 Å². The summed E-state index contributed by atoms with van der Waals surface area (Å²) in [7, 11) is 10.4. The summed E-state index contributed by atoms with van der Waals surface area (Å²) in [4.78, 5) is 0. The monoisotopic (exact) mass is 890 g/mol. The molecule has 54 heavy (non-hydrogen) atoms. The van der Waals surface area contributed by atoms with Gasteiger partial charge in [-0.1, -0.05) is 60.7 Å². The van der Waals surface area contributed by atoms with Crippen molar-refractivity contribution in [1.29, 1.82) is 0 Å². The van der Waals surface area contributed by atoms with Crippen molar-refractivity contribution >= 4 is 50.4 Å². The molecule has 2 heterocycles. The maximum Gasteiger partial charge on any atom is 0.473 e. The molecule has 23 heteroatoms. The molecule has 2 aromatic rings. The summed E-state index contributed by atoms with van der Waals surface area (Å²) in [6.45, 7) is 5.96. The lowest BCUT2D eigenvalue weighted by Gasteiger charge is -2.41. The van der Waals surface area contributed by atoms with Crippen molar-refractivity contribution in [3.05, 3.63) is 60.7 Å². The van der Waals surface area contributed by atoms with Crippen molar-refractivity contribution < 1.29 is 76.9 Å². The Kier molecular flexibility index (Phi) is 37.8. The largest absolute Gasteiger partial charge is 0.473 e. The minimum absolute atomic E-state index is 0.200. The second kappa shape index (κ2) is 36.3. The van der Waals surface area contributed by atoms with E-state index in [0.717, 1.165) is 0 Å². The molecule has 2 saturated heterocycles. The number of hydrogen-bond donors (Lipinski definition) is 0. The van der Waals surface area contributed by atoms with E-state index in [1.165, 1.54) is 32.5 Å². The average molecular weight is 891 g/mol. The first kappa shape index (κ1) is 56.3. The van der Waals surface area contributed by atoms with Crippen LogP contribution >= 0.6 is 50.4 Å². The van der Waals surface area contributed by atoms with Crippen LogP contribution in [0.1, 0.15) is 0 Å². The summed E-state index contributed by atoms with van der Waals surface area (Å²) < 4.78 is 88.3. The molecule has 0 aliphatic carbocycles. The smallest absolute Gasteiger partial charge is 0.338 e. The number of phosphoric ester groups is 1. The van der Waals surface area contributed by atoms with Gasteiger partial charge in [0.25, 0.3) is 0 Å². The standard InChI is InChI=1S/C12H10.C7H14O6P2.C3H9O4P.C3H9O3P.2C3H9O2P/c1-3-7-11(8-4-1)12-9-5-2-6-10-12;1-8-14-10-3-7(4-11-14)5-12-15(9-2)13-6-7;1-5-8(4,6-2)7-3;1-4-7(5-2)6-3;2*1-4-6(3)5-2/h1-10H;3-6H2,1-2H3;1-3H3;1-3H3;2*1-3H3. The molecule has 0 atom stereocenters. The third kappa shape index (κ3) is 27.0.